The van der Waals surface area contributed by atoms with E-state index in [0.717, 1.165) is 18.4 Å². The second-order valence-electron chi connectivity index (χ2n) is 4.24. The first kappa shape index (κ1) is 13.2. The third-order valence-corrected chi connectivity index (χ3v) is 2.61. The molecule has 1 heterocycles. The van der Waals surface area contributed by atoms with Gasteiger partial charge in [0.05, 0.1) is 0 Å². The lowest BCUT2D eigenvalue weighted by Crippen LogP contribution is -1.78. The molecule has 0 saturated carbocycles. The van der Waals surface area contributed by atoms with E-state index < -0.39 is 0 Å². The lowest BCUT2D eigenvalue weighted by Gasteiger charge is -1.95. The van der Waals surface area contributed by atoms with Crippen molar-refractivity contribution in [2.45, 2.75) is 19.8 Å². The molecule has 98 valence electrons. The molecule has 0 bridgehead atoms. The molecule has 0 saturated heterocycles. The highest BCUT2D eigenvalue weighted by molar-refractivity contribution is 5.57. The number of benzene rings is 1. The first-order valence-corrected chi connectivity index (χ1v) is 6.27. The van der Waals surface area contributed by atoms with Gasteiger partial charge in [0.1, 0.15) is 0 Å². The summed E-state index contributed by atoms with van der Waals surface area (Å²) in [6.45, 7) is 2.04. The molecule has 2 rings (SSSR count). The van der Waals surface area contributed by atoms with Crippen LogP contribution >= 0.6 is 0 Å². The average molecular weight is 255 g/mol. The molecule has 0 amide bonds. The van der Waals surface area contributed by atoms with Crippen LogP contribution in [0.1, 0.15) is 24.3 Å². The highest BCUT2D eigenvalue weighted by Gasteiger charge is 2.05. The molecule has 4 heteroatoms. The zero-order valence-corrected chi connectivity index (χ0v) is 11.2. The van der Waals surface area contributed by atoms with Crippen molar-refractivity contribution in [3.05, 3.63) is 41.8 Å². The molecule has 0 spiro atoms. The third-order valence-electron chi connectivity index (χ3n) is 2.61. The van der Waals surface area contributed by atoms with E-state index >= 15 is 0 Å². The molecule has 0 fully saturated rings. The maximum atomic E-state index is 5.59. The van der Waals surface area contributed by atoms with Crippen molar-refractivity contribution < 1.29 is 4.42 Å². The number of hydrogen-bond acceptors (Lipinski definition) is 4. The Bertz CT molecular complexity index is 585. The fourth-order valence-corrected chi connectivity index (χ4v) is 1.68. The molecule has 0 atom stereocenters. The predicted molar refractivity (Wildman–Crippen MR) is 77.2 cm³/mol. The van der Waals surface area contributed by atoms with Crippen LogP contribution in [0.2, 0.25) is 0 Å². The number of hydrogen-bond donors (Lipinski definition) is 0. The van der Waals surface area contributed by atoms with Gasteiger partial charge < -0.3 is 9.41 Å². The molecular weight excluding hydrogens is 238 g/mol. The van der Waals surface area contributed by atoms with Crippen molar-refractivity contribution in [3.63, 3.8) is 0 Å². The van der Waals surface area contributed by atoms with Gasteiger partial charge in [0.15, 0.2) is 0 Å². The molecule has 1 aromatic heterocycles. The van der Waals surface area contributed by atoms with Crippen molar-refractivity contribution in [2.75, 3.05) is 7.05 Å². The Morgan fingerprint density at radius 1 is 1.26 bits per heavy atom. The van der Waals surface area contributed by atoms with Gasteiger partial charge in [-0.15, -0.1) is 10.2 Å². The van der Waals surface area contributed by atoms with E-state index in [2.05, 4.69) is 15.2 Å². The predicted octanol–water partition coefficient (Wildman–Crippen LogP) is 3.54. The van der Waals surface area contributed by atoms with Crippen molar-refractivity contribution in [1.29, 1.82) is 0 Å². The molecule has 0 radical (unpaired) electrons. The van der Waals surface area contributed by atoms with Gasteiger partial charge in [0.2, 0.25) is 11.8 Å². The Morgan fingerprint density at radius 3 is 2.95 bits per heavy atom. The van der Waals surface area contributed by atoms with E-state index in [4.69, 9.17) is 4.42 Å². The fourth-order valence-electron chi connectivity index (χ4n) is 1.68. The highest BCUT2D eigenvalue weighted by Crippen LogP contribution is 2.19. The van der Waals surface area contributed by atoms with E-state index in [1.807, 2.05) is 49.6 Å². The van der Waals surface area contributed by atoms with Crippen LogP contribution in [0, 0.1) is 6.92 Å². The number of rotatable bonds is 5. The second-order valence-corrected chi connectivity index (χ2v) is 4.24. The number of nitrogens with zero attached hydrogens (tertiary/aromatic N) is 3. The number of aliphatic imine (C=N–C) groups is 1. The van der Waals surface area contributed by atoms with Crippen LogP contribution < -0.4 is 0 Å². The Morgan fingerprint density at radius 2 is 2.16 bits per heavy atom. The monoisotopic (exact) mass is 255 g/mol. The molecule has 0 aliphatic rings. The summed E-state index contributed by atoms with van der Waals surface area (Å²) in [6.07, 6.45) is 7.58. The SMILES string of the molecule is CN=CCC/C=C/c1nnc(-c2cccc(C)c2)o1. The summed E-state index contributed by atoms with van der Waals surface area (Å²) in [7, 11) is 1.77. The molecule has 4 nitrogen and oxygen atoms in total. The second kappa shape index (κ2) is 6.64. The maximum absolute atomic E-state index is 5.59. The van der Waals surface area contributed by atoms with Crippen LogP contribution in [0.3, 0.4) is 0 Å². The summed E-state index contributed by atoms with van der Waals surface area (Å²) in [5, 5.41) is 8.05. The number of allylic oxidation sites excluding steroid dienone is 1. The number of unbranched alkanes of at least 4 members (excludes halogenated alkanes) is 1. The van der Waals surface area contributed by atoms with Crippen LogP contribution in [-0.2, 0) is 0 Å². The van der Waals surface area contributed by atoms with Gasteiger partial charge in [-0.3, -0.25) is 0 Å². The summed E-state index contributed by atoms with van der Waals surface area (Å²) in [5.74, 6) is 1.09. The standard InChI is InChI=1S/C15H17N3O/c1-12-7-6-8-13(11-12)15-18-17-14(19-15)9-4-3-5-10-16-2/h4,6-11H,3,5H2,1-2H3/b9-4+,16-10?. The highest BCUT2D eigenvalue weighted by atomic mass is 16.4. The minimum Gasteiger partial charge on any atom is -0.417 e. The average Bonchev–Trinajstić information content (AvgIpc) is 2.87. The lowest BCUT2D eigenvalue weighted by molar-refractivity contribution is 0.557. The van der Waals surface area contributed by atoms with Crippen molar-refractivity contribution in [1.82, 2.24) is 10.2 Å². The van der Waals surface area contributed by atoms with E-state index in [9.17, 15) is 0 Å². The van der Waals surface area contributed by atoms with Gasteiger partial charge >= 0.3 is 0 Å². The summed E-state index contributed by atoms with van der Waals surface area (Å²) < 4.78 is 5.59. The van der Waals surface area contributed by atoms with Crippen molar-refractivity contribution in [2.24, 2.45) is 4.99 Å². The zero-order chi connectivity index (χ0) is 13.5. The fraction of sp³-hybridized carbons (Fsp3) is 0.267. The molecule has 2 aromatic rings. The van der Waals surface area contributed by atoms with E-state index in [1.54, 1.807) is 7.05 Å². The lowest BCUT2D eigenvalue weighted by atomic mass is 10.1. The smallest absolute Gasteiger partial charge is 0.248 e. The molecule has 0 aliphatic heterocycles. The van der Waals surface area contributed by atoms with E-state index in [0.29, 0.717) is 11.8 Å². The number of aromatic nitrogens is 2. The van der Waals surface area contributed by atoms with Gasteiger partial charge in [0, 0.05) is 12.6 Å². The molecule has 1 aromatic carbocycles. The van der Waals surface area contributed by atoms with Crippen LogP contribution in [0.4, 0.5) is 0 Å². The molecule has 0 N–H and O–H groups in total. The normalized spacial score (nSPS) is 11.7. The zero-order valence-electron chi connectivity index (χ0n) is 11.2. The summed E-state index contributed by atoms with van der Waals surface area (Å²) in [5.41, 5.74) is 2.12. The Kier molecular flexibility index (Phi) is 4.61. The Hall–Kier alpha value is -2.23. The summed E-state index contributed by atoms with van der Waals surface area (Å²) in [6, 6.07) is 8.01. The molecule has 0 unspecified atom stereocenters. The summed E-state index contributed by atoms with van der Waals surface area (Å²) >= 11 is 0. The largest absolute Gasteiger partial charge is 0.417 e. The minimum atomic E-state index is 0.532. The van der Waals surface area contributed by atoms with Gasteiger partial charge in [0.25, 0.3) is 0 Å². The third kappa shape index (κ3) is 3.88. The van der Waals surface area contributed by atoms with Gasteiger partial charge in [-0.25, -0.2) is 0 Å². The summed E-state index contributed by atoms with van der Waals surface area (Å²) in [4.78, 5) is 3.92. The Balaban J connectivity index is 2.03. The van der Waals surface area contributed by atoms with Gasteiger partial charge in [-0.05, 0) is 44.2 Å². The van der Waals surface area contributed by atoms with Crippen LogP contribution in [0.25, 0.3) is 17.5 Å². The Labute approximate surface area is 112 Å². The van der Waals surface area contributed by atoms with Crippen molar-refractivity contribution in [3.8, 4) is 11.5 Å². The first-order valence-electron chi connectivity index (χ1n) is 6.27. The van der Waals surface area contributed by atoms with E-state index in [1.165, 1.54) is 5.56 Å². The van der Waals surface area contributed by atoms with Crippen molar-refractivity contribution >= 4 is 12.3 Å². The quantitative estimate of drug-likeness (QED) is 0.606. The van der Waals surface area contributed by atoms with Gasteiger partial charge in [-0.2, -0.15) is 0 Å². The number of aryl methyl sites for hydroxylation is 1. The van der Waals surface area contributed by atoms with E-state index in [-0.39, 0.29) is 0 Å². The maximum Gasteiger partial charge on any atom is 0.248 e. The van der Waals surface area contributed by atoms with Crippen LogP contribution in [0.15, 0.2) is 39.8 Å². The molecule has 19 heavy (non-hydrogen) atoms. The first-order chi connectivity index (χ1) is 9.29. The van der Waals surface area contributed by atoms with Crippen LogP contribution in [0.5, 0.6) is 0 Å². The molecule has 0 aliphatic carbocycles. The van der Waals surface area contributed by atoms with Crippen LogP contribution in [-0.4, -0.2) is 23.5 Å². The minimum absolute atomic E-state index is 0.532. The topological polar surface area (TPSA) is 51.3 Å². The van der Waals surface area contributed by atoms with Gasteiger partial charge in [-0.1, -0.05) is 23.8 Å². The molecular formula is C15H17N3O.